The Morgan fingerprint density at radius 2 is 1.08 bits per heavy atom. The number of carboxylic acid groups (broad SMARTS) is 1. The summed E-state index contributed by atoms with van der Waals surface area (Å²) in [4.78, 5) is 8.89. The van der Waals surface area contributed by atoms with E-state index < -0.39 is 5.97 Å². The third-order valence-electron chi connectivity index (χ3n) is 0.500. The molecule has 0 atom stereocenters. The second-order valence-corrected chi connectivity index (χ2v) is 1.49. The maximum absolute atomic E-state index is 8.89. The molecule has 3 heteroatoms. The second-order valence-electron chi connectivity index (χ2n) is 1.49. The summed E-state index contributed by atoms with van der Waals surface area (Å²) in [6.07, 6.45) is 2.64. The standard InChI is InChI=1S/C4H10.C2H4O2.2C2H6.Sn/c1-3-4-2;1-2(3)4;2*1-2;/h3-4H2,1-2H3;1H3,(H,3,4);2*1-2H3;/p-1. The average molecular weight is 296 g/mol. The van der Waals surface area contributed by atoms with Gasteiger partial charge in [0.1, 0.15) is 0 Å². The molecule has 0 saturated carbocycles. The van der Waals surface area contributed by atoms with Crippen molar-refractivity contribution in [2.24, 2.45) is 0 Å². The van der Waals surface area contributed by atoms with Gasteiger partial charge in [-0.05, 0) is 6.92 Å². The van der Waals surface area contributed by atoms with E-state index in [1.807, 2.05) is 27.7 Å². The molecular formula is C10H25O2Sn-. The van der Waals surface area contributed by atoms with E-state index in [0.717, 1.165) is 6.92 Å². The van der Waals surface area contributed by atoms with Gasteiger partial charge < -0.3 is 9.90 Å². The van der Waals surface area contributed by atoms with Crippen molar-refractivity contribution in [3.8, 4) is 0 Å². The van der Waals surface area contributed by atoms with Crippen LogP contribution in [0.3, 0.4) is 0 Å². The van der Waals surface area contributed by atoms with Gasteiger partial charge in [-0.25, -0.2) is 0 Å². The van der Waals surface area contributed by atoms with Gasteiger partial charge in [0.05, 0.1) is 0 Å². The van der Waals surface area contributed by atoms with Gasteiger partial charge in [-0.1, -0.05) is 54.4 Å². The number of carboxylic acids is 1. The molecule has 0 saturated heterocycles. The Kier molecular flexibility index (Phi) is 126. The van der Waals surface area contributed by atoms with Crippen LogP contribution in [0, 0.1) is 0 Å². The van der Waals surface area contributed by atoms with E-state index >= 15 is 0 Å². The number of rotatable bonds is 1. The molecule has 0 N–H and O–H groups in total. The Bertz CT molecular complexity index is 50.9. The van der Waals surface area contributed by atoms with Crippen LogP contribution in [0.25, 0.3) is 0 Å². The van der Waals surface area contributed by atoms with E-state index in [0.29, 0.717) is 0 Å². The average Bonchev–Trinajstić information content (AvgIpc) is 2.10. The van der Waals surface area contributed by atoms with Crippen molar-refractivity contribution in [3.05, 3.63) is 0 Å². The van der Waals surface area contributed by atoms with Crippen LogP contribution in [0.15, 0.2) is 0 Å². The number of carbonyl (C=O) groups is 1. The number of aliphatic carboxylic acids is 1. The molecule has 82 valence electrons. The maximum atomic E-state index is 8.89. The molecule has 0 fully saturated rings. The molecule has 0 unspecified atom stereocenters. The van der Waals surface area contributed by atoms with Crippen molar-refractivity contribution in [2.75, 3.05) is 0 Å². The first kappa shape index (κ1) is 29.2. The summed E-state index contributed by atoms with van der Waals surface area (Å²) in [6.45, 7) is 13.3. The Morgan fingerprint density at radius 1 is 1.00 bits per heavy atom. The predicted molar refractivity (Wildman–Crippen MR) is 59.7 cm³/mol. The summed E-state index contributed by atoms with van der Waals surface area (Å²) in [5, 5.41) is 8.89. The first-order chi connectivity index (χ1) is 5.65. The fraction of sp³-hybridized carbons (Fsp3) is 0.900. The minimum atomic E-state index is -1.08. The minimum Gasteiger partial charge on any atom is -0.550 e. The Hall–Kier alpha value is 0.269. The van der Waals surface area contributed by atoms with Crippen molar-refractivity contribution >= 4 is 29.9 Å². The molecule has 0 aromatic carbocycles. The van der Waals surface area contributed by atoms with Crippen LogP contribution in [-0.4, -0.2) is 29.9 Å². The second kappa shape index (κ2) is 56.1. The molecular weight excluding hydrogens is 271 g/mol. The number of unbranched alkanes of at least 4 members (excludes halogenated alkanes) is 1. The van der Waals surface area contributed by atoms with Crippen LogP contribution in [0.1, 0.15) is 61.3 Å². The smallest absolute Gasteiger partial charge is 0.0383 e. The summed E-state index contributed by atoms with van der Waals surface area (Å²) in [7, 11) is 0. The van der Waals surface area contributed by atoms with Crippen molar-refractivity contribution in [2.45, 2.75) is 61.3 Å². The van der Waals surface area contributed by atoms with Gasteiger partial charge in [0, 0.05) is 29.9 Å². The van der Waals surface area contributed by atoms with E-state index in [4.69, 9.17) is 9.90 Å². The Balaban J connectivity index is -0.0000000226. The number of carbonyl (C=O) groups excluding carboxylic acids is 1. The molecule has 0 aromatic heterocycles. The zero-order valence-corrected chi connectivity index (χ0v) is 13.1. The van der Waals surface area contributed by atoms with E-state index in [1.165, 1.54) is 12.8 Å². The molecule has 2 nitrogen and oxygen atoms in total. The fourth-order valence-electron chi connectivity index (χ4n) is 0. The minimum absolute atomic E-state index is 0. The number of hydrogen-bond donors (Lipinski definition) is 0. The molecule has 0 spiro atoms. The predicted octanol–water partition coefficient (Wildman–Crippen LogP) is 2.23. The van der Waals surface area contributed by atoms with E-state index in [1.54, 1.807) is 0 Å². The van der Waals surface area contributed by atoms with Gasteiger partial charge >= 0.3 is 0 Å². The summed E-state index contributed by atoms with van der Waals surface area (Å²) in [5.41, 5.74) is 0. The topological polar surface area (TPSA) is 40.1 Å². The zero-order chi connectivity index (χ0) is 11.0. The SMILES string of the molecule is CC.CC.CC(=O)[O-].CCCC.[Sn]. The van der Waals surface area contributed by atoms with Gasteiger partial charge in [-0.2, -0.15) is 0 Å². The normalized spacial score (nSPS) is 5.15. The van der Waals surface area contributed by atoms with Crippen LogP contribution >= 0.6 is 0 Å². The van der Waals surface area contributed by atoms with Gasteiger partial charge in [0.15, 0.2) is 0 Å². The van der Waals surface area contributed by atoms with E-state index in [2.05, 4.69) is 13.8 Å². The van der Waals surface area contributed by atoms with Crippen LogP contribution in [-0.2, 0) is 4.79 Å². The summed E-state index contributed by atoms with van der Waals surface area (Å²) < 4.78 is 0. The van der Waals surface area contributed by atoms with Crippen LogP contribution < -0.4 is 5.11 Å². The largest absolute Gasteiger partial charge is 0.550 e. The van der Waals surface area contributed by atoms with Crippen LogP contribution in [0.2, 0.25) is 0 Å². The number of hydrogen-bond acceptors (Lipinski definition) is 2. The summed E-state index contributed by atoms with van der Waals surface area (Å²) in [6, 6.07) is 0. The molecule has 0 bridgehead atoms. The van der Waals surface area contributed by atoms with Crippen molar-refractivity contribution in [3.63, 3.8) is 0 Å². The van der Waals surface area contributed by atoms with Gasteiger partial charge in [-0.3, -0.25) is 0 Å². The van der Waals surface area contributed by atoms with Crippen LogP contribution in [0.4, 0.5) is 0 Å². The van der Waals surface area contributed by atoms with E-state index in [-0.39, 0.29) is 23.9 Å². The molecule has 4 radical (unpaired) electrons. The van der Waals surface area contributed by atoms with Gasteiger partial charge in [0.25, 0.3) is 0 Å². The molecule has 0 aliphatic carbocycles. The quantitative estimate of drug-likeness (QED) is 0.696. The van der Waals surface area contributed by atoms with Crippen LogP contribution in [0.5, 0.6) is 0 Å². The first-order valence-corrected chi connectivity index (χ1v) is 4.82. The first-order valence-electron chi connectivity index (χ1n) is 4.82. The van der Waals surface area contributed by atoms with Crippen molar-refractivity contribution in [1.82, 2.24) is 0 Å². The van der Waals surface area contributed by atoms with Gasteiger partial charge in [0.2, 0.25) is 0 Å². The Labute approximate surface area is 101 Å². The van der Waals surface area contributed by atoms with Gasteiger partial charge in [-0.15, -0.1) is 0 Å². The molecule has 0 rings (SSSR count). The third kappa shape index (κ3) is 804. The fourth-order valence-corrected chi connectivity index (χ4v) is 0. The molecule has 0 amide bonds. The third-order valence-corrected chi connectivity index (χ3v) is 0.500. The van der Waals surface area contributed by atoms with E-state index in [9.17, 15) is 0 Å². The Morgan fingerprint density at radius 3 is 1.08 bits per heavy atom. The molecule has 0 aromatic rings. The van der Waals surface area contributed by atoms with Crippen molar-refractivity contribution in [1.29, 1.82) is 0 Å². The molecule has 0 aliphatic rings. The summed E-state index contributed by atoms with van der Waals surface area (Å²) >= 11 is 0. The molecule has 13 heavy (non-hydrogen) atoms. The molecule has 0 heterocycles. The van der Waals surface area contributed by atoms with Crippen molar-refractivity contribution < 1.29 is 9.90 Å². The molecule has 0 aliphatic heterocycles. The summed E-state index contributed by atoms with van der Waals surface area (Å²) in [5.74, 6) is -1.08. The maximum Gasteiger partial charge on any atom is 0.0383 e. The monoisotopic (exact) mass is 297 g/mol. The zero-order valence-electron chi connectivity index (χ0n) is 10.2.